The monoisotopic (exact) mass is 370 g/mol. The maximum atomic E-state index is 12.1. The summed E-state index contributed by atoms with van der Waals surface area (Å²) < 4.78 is 10.3. The Morgan fingerprint density at radius 3 is 2.37 bits per heavy atom. The number of hydrogen-bond donors (Lipinski definition) is 2. The Balaban J connectivity index is 1.85. The maximum absolute atomic E-state index is 12.1. The van der Waals surface area contributed by atoms with Gasteiger partial charge >= 0.3 is 5.97 Å². The minimum Gasteiger partial charge on any atom is -0.481 e. The summed E-state index contributed by atoms with van der Waals surface area (Å²) in [5.41, 5.74) is 7.17. The summed E-state index contributed by atoms with van der Waals surface area (Å²) in [6.45, 7) is 3.05. The van der Waals surface area contributed by atoms with Gasteiger partial charge in [0.1, 0.15) is 5.75 Å². The van der Waals surface area contributed by atoms with E-state index in [0.717, 1.165) is 12.0 Å². The van der Waals surface area contributed by atoms with Gasteiger partial charge in [-0.1, -0.05) is 31.2 Å². The first-order valence-corrected chi connectivity index (χ1v) is 8.51. The van der Waals surface area contributed by atoms with Gasteiger partial charge < -0.3 is 20.5 Å². The number of primary amides is 1. The van der Waals surface area contributed by atoms with Crippen molar-refractivity contribution < 1.29 is 23.9 Å². The van der Waals surface area contributed by atoms with E-state index in [0.29, 0.717) is 5.69 Å². The van der Waals surface area contributed by atoms with Crippen molar-refractivity contribution in [3.63, 3.8) is 0 Å². The van der Waals surface area contributed by atoms with Crippen LogP contribution in [0.3, 0.4) is 0 Å². The second kappa shape index (κ2) is 9.38. The highest BCUT2D eigenvalue weighted by molar-refractivity contribution is 5.96. The third-order valence-electron chi connectivity index (χ3n) is 3.81. The molecule has 0 spiro atoms. The van der Waals surface area contributed by atoms with Gasteiger partial charge in [0.2, 0.25) is 0 Å². The van der Waals surface area contributed by atoms with Crippen LogP contribution >= 0.6 is 0 Å². The van der Waals surface area contributed by atoms with Crippen LogP contribution in [0.1, 0.15) is 29.8 Å². The molecule has 0 aliphatic rings. The van der Waals surface area contributed by atoms with Crippen molar-refractivity contribution in [1.29, 1.82) is 0 Å². The van der Waals surface area contributed by atoms with Gasteiger partial charge in [-0.15, -0.1) is 0 Å². The number of carbonyl (C=O) groups excluding carboxylic acids is 3. The summed E-state index contributed by atoms with van der Waals surface area (Å²) >= 11 is 0. The van der Waals surface area contributed by atoms with Crippen LogP contribution in [-0.2, 0) is 20.7 Å². The number of para-hydroxylation sites is 1. The number of hydrogen-bond acceptors (Lipinski definition) is 5. The number of carbonyl (C=O) groups is 3. The van der Waals surface area contributed by atoms with Crippen molar-refractivity contribution in [2.45, 2.75) is 26.4 Å². The molecule has 0 unspecified atom stereocenters. The van der Waals surface area contributed by atoms with E-state index in [1.165, 1.54) is 19.1 Å². The van der Waals surface area contributed by atoms with E-state index in [4.69, 9.17) is 15.2 Å². The fourth-order valence-corrected chi connectivity index (χ4v) is 2.29. The van der Waals surface area contributed by atoms with Crippen LogP contribution in [0.5, 0.6) is 5.75 Å². The quantitative estimate of drug-likeness (QED) is 0.693. The third-order valence-corrected chi connectivity index (χ3v) is 3.81. The lowest BCUT2D eigenvalue weighted by molar-refractivity contribution is -0.155. The molecule has 7 heteroatoms. The predicted octanol–water partition coefficient (Wildman–Crippen LogP) is 2.30. The van der Waals surface area contributed by atoms with Gasteiger partial charge in [0.25, 0.3) is 11.8 Å². The molecule has 0 fully saturated rings. The van der Waals surface area contributed by atoms with Crippen LogP contribution in [0.15, 0.2) is 48.5 Å². The maximum Gasteiger partial charge on any atom is 0.344 e. The first-order chi connectivity index (χ1) is 12.9. The third kappa shape index (κ3) is 5.85. The smallest absolute Gasteiger partial charge is 0.344 e. The molecule has 2 rings (SSSR count). The number of benzene rings is 2. The number of anilines is 1. The molecular weight excluding hydrogens is 348 g/mol. The normalized spacial score (nSPS) is 11.3. The fraction of sp³-hybridized carbons (Fsp3) is 0.250. The van der Waals surface area contributed by atoms with Crippen LogP contribution < -0.4 is 15.8 Å². The Morgan fingerprint density at radius 1 is 1.07 bits per heavy atom. The molecule has 0 radical (unpaired) electrons. The Hall–Kier alpha value is -3.35. The fourth-order valence-electron chi connectivity index (χ4n) is 2.29. The summed E-state index contributed by atoms with van der Waals surface area (Å²) in [7, 11) is 0. The standard InChI is InChI=1S/C20H22N2O5/c1-3-14-8-10-15(11-9-14)22-20(25)13(2)27-18(23)12-26-17-7-5-4-6-16(17)19(21)24/h4-11,13H,3,12H2,1-2H3,(H2,21,24)(H,22,25)/t13-/m1/s1. The SMILES string of the molecule is CCc1ccc(NC(=O)[C@@H](C)OC(=O)COc2ccccc2C(N)=O)cc1. The Morgan fingerprint density at radius 2 is 1.74 bits per heavy atom. The minimum absolute atomic E-state index is 0.159. The van der Waals surface area contributed by atoms with Crippen LogP contribution in [0.2, 0.25) is 0 Å². The predicted molar refractivity (Wildman–Crippen MR) is 100 cm³/mol. The van der Waals surface area contributed by atoms with Crippen molar-refractivity contribution in [3.05, 3.63) is 59.7 Å². The molecular formula is C20H22N2O5. The first-order valence-electron chi connectivity index (χ1n) is 8.51. The number of ether oxygens (including phenoxy) is 2. The topological polar surface area (TPSA) is 108 Å². The molecule has 2 aromatic rings. The summed E-state index contributed by atoms with van der Waals surface area (Å²) in [5.74, 6) is -1.68. The van der Waals surface area contributed by atoms with Gasteiger partial charge in [-0.25, -0.2) is 4.79 Å². The van der Waals surface area contributed by atoms with Crippen molar-refractivity contribution in [2.75, 3.05) is 11.9 Å². The highest BCUT2D eigenvalue weighted by atomic mass is 16.6. The Labute approximate surface area is 157 Å². The van der Waals surface area contributed by atoms with E-state index in [-0.39, 0.29) is 11.3 Å². The second-order valence-corrected chi connectivity index (χ2v) is 5.82. The van der Waals surface area contributed by atoms with E-state index in [1.807, 2.05) is 19.1 Å². The van der Waals surface area contributed by atoms with Crippen molar-refractivity contribution >= 4 is 23.5 Å². The van der Waals surface area contributed by atoms with Crippen molar-refractivity contribution in [3.8, 4) is 5.75 Å². The first kappa shape index (κ1) is 20.0. The molecule has 0 aliphatic heterocycles. The van der Waals surface area contributed by atoms with E-state index in [1.54, 1.807) is 24.3 Å². The zero-order chi connectivity index (χ0) is 19.8. The molecule has 2 aromatic carbocycles. The molecule has 0 saturated carbocycles. The summed E-state index contributed by atoms with van der Waals surface area (Å²) in [6.07, 6.45) is -0.0976. The molecule has 27 heavy (non-hydrogen) atoms. The van der Waals surface area contributed by atoms with Crippen LogP contribution in [0, 0.1) is 0 Å². The van der Waals surface area contributed by atoms with E-state index < -0.39 is 30.5 Å². The van der Waals surface area contributed by atoms with Gasteiger partial charge in [0.15, 0.2) is 12.7 Å². The van der Waals surface area contributed by atoms with Crippen LogP contribution in [0.4, 0.5) is 5.69 Å². The summed E-state index contributed by atoms with van der Waals surface area (Å²) in [5, 5.41) is 2.68. The molecule has 7 nitrogen and oxygen atoms in total. The minimum atomic E-state index is -1.00. The average molecular weight is 370 g/mol. The molecule has 142 valence electrons. The number of esters is 1. The molecule has 2 amide bonds. The van der Waals surface area contributed by atoms with Crippen LogP contribution in [0.25, 0.3) is 0 Å². The number of aryl methyl sites for hydroxylation is 1. The van der Waals surface area contributed by atoms with Gasteiger partial charge in [-0.2, -0.15) is 0 Å². The van der Waals surface area contributed by atoms with E-state index in [2.05, 4.69) is 5.32 Å². The van der Waals surface area contributed by atoms with Crippen molar-refractivity contribution in [2.24, 2.45) is 5.73 Å². The molecule has 1 atom stereocenters. The van der Waals surface area contributed by atoms with Crippen LogP contribution in [-0.4, -0.2) is 30.5 Å². The number of rotatable bonds is 8. The average Bonchev–Trinajstić information content (AvgIpc) is 2.67. The largest absolute Gasteiger partial charge is 0.481 e. The lowest BCUT2D eigenvalue weighted by atomic mass is 10.1. The zero-order valence-electron chi connectivity index (χ0n) is 15.2. The number of amides is 2. The highest BCUT2D eigenvalue weighted by Crippen LogP contribution is 2.17. The molecule has 0 aromatic heterocycles. The number of nitrogens with two attached hydrogens (primary N) is 1. The second-order valence-electron chi connectivity index (χ2n) is 5.82. The molecule has 3 N–H and O–H groups in total. The zero-order valence-corrected chi connectivity index (χ0v) is 15.2. The number of nitrogens with one attached hydrogen (secondary N) is 1. The summed E-state index contributed by atoms with van der Waals surface area (Å²) in [6, 6.07) is 13.7. The summed E-state index contributed by atoms with van der Waals surface area (Å²) in [4.78, 5) is 35.4. The molecule has 0 aliphatic carbocycles. The molecule has 0 heterocycles. The van der Waals surface area contributed by atoms with E-state index >= 15 is 0 Å². The Bertz CT molecular complexity index is 817. The lowest BCUT2D eigenvalue weighted by Crippen LogP contribution is -2.31. The Kier molecular flexibility index (Phi) is 6.93. The van der Waals surface area contributed by atoms with Gasteiger partial charge in [-0.3, -0.25) is 9.59 Å². The highest BCUT2D eigenvalue weighted by Gasteiger charge is 2.19. The van der Waals surface area contributed by atoms with Gasteiger partial charge in [-0.05, 0) is 43.2 Å². The lowest BCUT2D eigenvalue weighted by Gasteiger charge is -2.14. The van der Waals surface area contributed by atoms with Gasteiger partial charge in [0.05, 0.1) is 5.56 Å². The molecule has 0 saturated heterocycles. The molecule has 0 bridgehead atoms. The van der Waals surface area contributed by atoms with Crippen molar-refractivity contribution in [1.82, 2.24) is 0 Å². The van der Waals surface area contributed by atoms with E-state index in [9.17, 15) is 14.4 Å². The van der Waals surface area contributed by atoms with Gasteiger partial charge in [0, 0.05) is 5.69 Å².